The van der Waals surface area contributed by atoms with Gasteiger partial charge in [0.15, 0.2) is 0 Å². The Labute approximate surface area is 176 Å². The molecular weight excluding hydrogens is 372 g/mol. The number of hydrogen-bond donors (Lipinski definition) is 1. The average Bonchev–Trinajstić information content (AvgIpc) is 3.45. The summed E-state index contributed by atoms with van der Waals surface area (Å²) in [5.41, 5.74) is 5.70. The first-order chi connectivity index (χ1) is 14.7. The number of aryl methyl sites for hydroxylation is 1. The number of pyridine rings is 2. The highest BCUT2D eigenvalue weighted by Crippen LogP contribution is 2.53. The molecule has 0 amide bonds. The molecule has 2 aliphatic rings. The number of nitrogens with zero attached hydrogens (tertiary/aromatic N) is 5. The summed E-state index contributed by atoms with van der Waals surface area (Å²) in [6.45, 7) is 0. The van der Waals surface area contributed by atoms with Crippen molar-refractivity contribution < 1.29 is 0 Å². The fourth-order valence-corrected chi connectivity index (χ4v) is 5.24. The maximum atomic E-state index is 4.94. The van der Waals surface area contributed by atoms with Crippen molar-refractivity contribution in [2.24, 2.45) is 12.5 Å². The Morgan fingerprint density at radius 3 is 2.73 bits per heavy atom. The van der Waals surface area contributed by atoms with Gasteiger partial charge in [0.05, 0.1) is 23.8 Å². The van der Waals surface area contributed by atoms with Crippen LogP contribution < -0.4 is 5.32 Å². The van der Waals surface area contributed by atoms with Gasteiger partial charge in [-0.05, 0) is 61.8 Å². The van der Waals surface area contributed by atoms with Crippen LogP contribution in [-0.2, 0) is 7.05 Å². The van der Waals surface area contributed by atoms with Crippen LogP contribution >= 0.6 is 0 Å². The van der Waals surface area contributed by atoms with E-state index >= 15 is 0 Å². The van der Waals surface area contributed by atoms with Gasteiger partial charge < -0.3 is 5.32 Å². The van der Waals surface area contributed by atoms with Gasteiger partial charge in [0.2, 0.25) is 0 Å². The summed E-state index contributed by atoms with van der Waals surface area (Å²) in [5, 5.41) is 8.00. The summed E-state index contributed by atoms with van der Waals surface area (Å²) in [5.74, 6) is 0.965. The quantitative estimate of drug-likeness (QED) is 0.529. The number of hydrogen-bond acceptors (Lipinski definition) is 4. The third-order valence-corrected chi connectivity index (χ3v) is 7.02. The standard InChI is InChI=1S/C24H26N6/c1-29-15-18(13-26-29)17-6-7-23-25-14-21(30(23)16-17)20-4-2-5-22(28-20)27-19-8-11-24(12-19)9-3-10-24/h2,4-7,13-16,19H,3,8-12H2,1H3,(H,27,28). The van der Waals surface area contributed by atoms with Gasteiger partial charge in [0.1, 0.15) is 11.5 Å². The number of imidazole rings is 1. The molecule has 6 heteroatoms. The van der Waals surface area contributed by atoms with E-state index < -0.39 is 0 Å². The molecule has 1 N–H and O–H groups in total. The molecule has 0 radical (unpaired) electrons. The monoisotopic (exact) mass is 398 g/mol. The van der Waals surface area contributed by atoms with Crippen molar-refractivity contribution in [1.82, 2.24) is 24.1 Å². The molecule has 4 aromatic rings. The van der Waals surface area contributed by atoms with E-state index in [1.165, 1.54) is 38.5 Å². The zero-order chi connectivity index (χ0) is 20.1. The Hall–Kier alpha value is -3.15. The van der Waals surface area contributed by atoms with Crippen LogP contribution in [0, 0.1) is 5.41 Å². The molecule has 2 fully saturated rings. The van der Waals surface area contributed by atoms with Crippen molar-refractivity contribution in [3.05, 3.63) is 55.1 Å². The zero-order valence-corrected chi connectivity index (χ0v) is 17.3. The second kappa shape index (κ2) is 6.69. The Morgan fingerprint density at radius 2 is 1.97 bits per heavy atom. The number of anilines is 1. The number of aromatic nitrogens is 5. The van der Waals surface area contributed by atoms with Gasteiger partial charge in [-0.1, -0.05) is 12.5 Å². The molecule has 0 bridgehead atoms. The van der Waals surface area contributed by atoms with Gasteiger partial charge >= 0.3 is 0 Å². The van der Waals surface area contributed by atoms with E-state index in [-0.39, 0.29) is 0 Å². The van der Waals surface area contributed by atoms with Crippen LogP contribution in [0.2, 0.25) is 0 Å². The van der Waals surface area contributed by atoms with Gasteiger partial charge in [0, 0.05) is 36.6 Å². The molecule has 1 atom stereocenters. The topological polar surface area (TPSA) is 60.0 Å². The molecular formula is C24H26N6. The zero-order valence-electron chi connectivity index (χ0n) is 17.3. The molecule has 0 aliphatic heterocycles. The van der Waals surface area contributed by atoms with Crippen LogP contribution in [-0.4, -0.2) is 30.2 Å². The fraction of sp³-hybridized carbons (Fsp3) is 0.375. The normalized spacial score (nSPS) is 20.0. The molecule has 6 rings (SSSR count). The molecule has 30 heavy (non-hydrogen) atoms. The van der Waals surface area contributed by atoms with Crippen molar-refractivity contribution in [1.29, 1.82) is 0 Å². The molecule has 2 aliphatic carbocycles. The van der Waals surface area contributed by atoms with Crippen LogP contribution in [0.4, 0.5) is 5.82 Å². The third-order valence-electron chi connectivity index (χ3n) is 7.02. The van der Waals surface area contributed by atoms with Crippen molar-refractivity contribution in [2.45, 2.75) is 44.6 Å². The van der Waals surface area contributed by atoms with Gasteiger partial charge in [0.25, 0.3) is 0 Å². The summed E-state index contributed by atoms with van der Waals surface area (Å²) < 4.78 is 3.94. The van der Waals surface area contributed by atoms with Gasteiger partial charge in [-0.25, -0.2) is 9.97 Å². The van der Waals surface area contributed by atoms with Crippen LogP contribution in [0.15, 0.2) is 55.1 Å². The molecule has 4 aromatic heterocycles. The minimum absolute atomic E-state index is 0.549. The van der Waals surface area contributed by atoms with Crippen LogP contribution in [0.1, 0.15) is 38.5 Å². The molecule has 0 saturated heterocycles. The van der Waals surface area contributed by atoms with Crippen LogP contribution in [0.25, 0.3) is 28.2 Å². The Kier molecular flexibility index (Phi) is 3.94. The van der Waals surface area contributed by atoms with Crippen molar-refractivity contribution >= 4 is 11.5 Å². The lowest BCUT2D eigenvalue weighted by Crippen LogP contribution is -2.28. The molecule has 4 heterocycles. The van der Waals surface area contributed by atoms with E-state index in [0.29, 0.717) is 11.5 Å². The lowest BCUT2D eigenvalue weighted by molar-refractivity contribution is 0.142. The SMILES string of the molecule is Cn1cc(-c2ccc3ncc(-c4cccc(NC5CCC6(CCC6)C5)n4)n3c2)cn1. The molecule has 1 spiro atoms. The average molecular weight is 399 g/mol. The fourth-order valence-electron chi connectivity index (χ4n) is 5.24. The van der Waals surface area contributed by atoms with Crippen LogP contribution in [0.3, 0.4) is 0 Å². The van der Waals surface area contributed by atoms with Crippen LogP contribution in [0.5, 0.6) is 0 Å². The summed E-state index contributed by atoms with van der Waals surface area (Å²) in [7, 11) is 1.93. The maximum Gasteiger partial charge on any atom is 0.137 e. The van der Waals surface area contributed by atoms with Gasteiger partial charge in [-0.3, -0.25) is 9.08 Å². The van der Waals surface area contributed by atoms with E-state index in [2.05, 4.69) is 50.3 Å². The summed E-state index contributed by atoms with van der Waals surface area (Å²) in [6, 6.07) is 10.9. The van der Waals surface area contributed by atoms with E-state index in [1.807, 2.05) is 36.4 Å². The number of fused-ring (bicyclic) bond motifs is 1. The van der Waals surface area contributed by atoms with E-state index in [4.69, 9.17) is 4.98 Å². The summed E-state index contributed by atoms with van der Waals surface area (Å²) in [4.78, 5) is 9.53. The first-order valence-electron chi connectivity index (χ1n) is 10.9. The molecule has 152 valence electrons. The molecule has 2 saturated carbocycles. The minimum Gasteiger partial charge on any atom is -0.367 e. The Balaban J connectivity index is 1.30. The largest absolute Gasteiger partial charge is 0.367 e. The predicted molar refractivity (Wildman–Crippen MR) is 118 cm³/mol. The van der Waals surface area contributed by atoms with E-state index in [9.17, 15) is 0 Å². The van der Waals surface area contributed by atoms with Crippen molar-refractivity contribution in [2.75, 3.05) is 5.32 Å². The lowest BCUT2D eigenvalue weighted by atomic mass is 9.67. The first kappa shape index (κ1) is 17.7. The maximum absolute atomic E-state index is 4.94. The predicted octanol–water partition coefficient (Wildman–Crippen LogP) is 4.93. The second-order valence-electron chi connectivity index (χ2n) is 9.04. The van der Waals surface area contributed by atoms with Gasteiger partial charge in [-0.15, -0.1) is 0 Å². The summed E-state index contributed by atoms with van der Waals surface area (Å²) in [6.07, 6.45) is 16.1. The Bertz CT molecular complexity index is 1220. The highest BCUT2D eigenvalue weighted by molar-refractivity contribution is 5.67. The molecule has 1 unspecified atom stereocenters. The van der Waals surface area contributed by atoms with Gasteiger partial charge in [-0.2, -0.15) is 5.10 Å². The Morgan fingerprint density at radius 1 is 1.03 bits per heavy atom. The van der Waals surface area contributed by atoms with Crippen molar-refractivity contribution in [3.63, 3.8) is 0 Å². The molecule has 6 nitrogen and oxygen atoms in total. The summed E-state index contributed by atoms with van der Waals surface area (Å²) >= 11 is 0. The third kappa shape index (κ3) is 2.98. The number of rotatable bonds is 4. The first-order valence-corrected chi connectivity index (χ1v) is 10.9. The number of nitrogens with one attached hydrogen (secondary N) is 1. The van der Waals surface area contributed by atoms with E-state index in [0.717, 1.165) is 34.0 Å². The molecule has 0 aromatic carbocycles. The second-order valence-corrected chi connectivity index (χ2v) is 9.04. The minimum atomic E-state index is 0.549. The van der Waals surface area contributed by atoms with E-state index in [1.54, 1.807) is 0 Å². The smallest absolute Gasteiger partial charge is 0.137 e. The highest BCUT2D eigenvalue weighted by atomic mass is 15.2. The van der Waals surface area contributed by atoms with Crippen molar-refractivity contribution in [3.8, 4) is 22.5 Å². The lowest BCUT2D eigenvalue weighted by Gasteiger charge is -2.38. The highest BCUT2D eigenvalue weighted by Gasteiger charge is 2.43.